The van der Waals surface area contributed by atoms with Crippen LogP contribution >= 0.6 is 0 Å². The molecule has 0 atom stereocenters. The van der Waals surface area contributed by atoms with E-state index in [-0.39, 0.29) is 13.1 Å². The van der Waals surface area contributed by atoms with Crippen molar-refractivity contribution in [1.82, 2.24) is 9.88 Å². The molecule has 0 unspecified atom stereocenters. The van der Waals surface area contributed by atoms with Gasteiger partial charge in [0.1, 0.15) is 5.69 Å². The highest BCUT2D eigenvalue weighted by atomic mass is 19.4. The summed E-state index contributed by atoms with van der Waals surface area (Å²) in [6.07, 6.45) is -7.57. The van der Waals surface area contributed by atoms with Crippen molar-refractivity contribution in [1.29, 1.82) is 0 Å². The monoisotopic (exact) mass is 352 g/mol. The lowest BCUT2D eigenvalue weighted by Gasteiger charge is -2.27. The van der Waals surface area contributed by atoms with Crippen LogP contribution in [0.15, 0.2) is 24.4 Å². The van der Waals surface area contributed by atoms with E-state index in [4.69, 9.17) is 0 Å². The summed E-state index contributed by atoms with van der Waals surface area (Å²) < 4.78 is 73.7. The van der Waals surface area contributed by atoms with Gasteiger partial charge in [0.05, 0.1) is 6.42 Å². The number of carbonyl (C=O) groups excluding carboxylic acids is 1. The van der Waals surface area contributed by atoms with E-state index in [1.54, 1.807) is 6.08 Å². The Morgan fingerprint density at radius 3 is 2.33 bits per heavy atom. The minimum absolute atomic E-state index is 0.132. The summed E-state index contributed by atoms with van der Waals surface area (Å²) >= 11 is 0. The average molecular weight is 352 g/mol. The van der Waals surface area contributed by atoms with Crippen LogP contribution in [0, 0.1) is 0 Å². The van der Waals surface area contributed by atoms with Crippen LogP contribution in [0.25, 0.3) is 5.57 Å². The van der Waals surface area contributed by atoms with E-state index in [0.717, 1.165) is 17.8 Å². The molecule has 0 fully saturated rings. The van der Waals surface area contributed by atoms with Crippen LogP contribution in [0.1, 0.15) is 30.5 Å². The molecule has 1 aliphatic heterocycles. The molecule has 0 spiro atoms. The third kappa shape index (κ3) is 4.97. The van der Waals surface area contributed by atoms with Crippen LogP contribution in [-0.2, 0) is 11.0 Å². The quantitative estimate of drug-likeness (QED) is 0.769. The van der Waals surface area contributed by atoms with Crippen molar-refractivity contribution in [2.75, 3.05) is 13.1 Å². The van der Waals surface area contributed by atoms with Crippen LogP contribution in [0.4, 0.5) is 26.3 Å². The number of hydrogen-bond donors (Lipinski definition) is 0. The van der Waals surface area contributed by atoms with E-state index in [1.165, 1.54) is 11.0 Å². The molecule has 0 saturated carbocycles. The van der Waals surface area contributed by atoms with Crippen LogP contribution in [0.3, 0.4) is 0 Å². The molecule has 0 saturated heterocycles. The molecule has 3 nitrogen and oxygen atoms in total. The number of halogens is 6. The zero-order valence-corrected chi connectivity index (χ0v) is 12.4. The number of aromatic nitrogens is 1. The molecule has 0 N–H and O–H groups in total. The summed E-state index contributed by atoms with van der Waals surface area (Å²) in [5.74, 6) is -0.590. The smallest absolute Gasteiger partial charge is 0.339 e. The van der Waals surface area contributed by atoms with Gasteiger partial charge in [-0.3, -0.25) is 9.78 Å². The van der Waals surface area contributed by atoms with Gasteiger partial charge in [0.25, 0.3) is 0 Å². The molecule has 0 radical (unpaired) electrons. The maximum absolute atomic E-state index is 12.5. The Bertz CT molecular complexity index is 618. The van der Waals surface area contributed by atoms with E-state index in [1.807, 2.05) is 0 Å². The minimum atomic E-state index is -4.51. The predicted molar refractivity (Wildman–Crippen MR) is 73.7 cm³/mol. The van der Waals surface area contributed by atoms with Crippen molar-refractivity contribution >= 4 is 11.5 Å². The molecule has 0 aromatic carbocycles. The number of rotatable bonds is 3. The molecular weight excluding hydrogens is 338 g/mol. The van der Waals surface area contributed by atoms with E-state index in [9.17, 15) is 31.1 Å². The zero-order valence-electron chi connectivity index (χ0n) is 12.4. The summed E-state index contributed by atoms with van der Waals surface area (Å²) in [5, 5.41) is 0. The second-order valence-corrected chi connectivity index (χ2v) is 5.36. The summed E-state index contributed by atoms with van der Waals surface area (Å²) in [6.45, 7) is 0.358. The zero-order chi connectivity index (χ0) is 18.0. The fourth-order valence-electron chi connectivity index (χ4n) is 2.32. The Balaban J connectivity index is 1.96. The first-order valence-electron chi connectivity index (χ1n) is 7.13. The van der Waals surface area contributed by atoms with Gasteiger partial charge in [0, 0.05) is 25.7 Å². The van der Waals surface area contributed by atoms with Crippen LogP contribution in [0.2, 0.25) is 0 Å². The van der Waals surface area contributed by atoms with Crippen molar-refractivity contribution in [3.05, 3.63) is 35.7 Å². The first kappa shape index (κ1) is 18.3. The van der Waals surface area contributed by atoms with Gasteiger partial charge in [0.2, 0.25) is 5.91 Å². The Hall–Kier alpha value is -2.06. The summed E-state index contributed by atoms with van der Waals surface area (Å²) in [7, 11) is 0. The molecule has 1 aromatic rings. The Labute approximate surface area is 134 Å². The van der Waals surface area contributed by atoms with Gasteiger partial charge in [-0.25, -0.2) is 0 Å². The van der Waals surface area contributed by atoms with Crippen molar-refractivity contribution in [2.24, 2.45) is 0 Å². The molecule has 2 heterocycles. The minimum Gasteiger partial charge on any atom is -0.339 e. The van der Waals surface area contributed by atoms with Gasteiger partial charge < -0.3 is 4.90 Å². The number of alkyl halides is 6. The van der Waals surface area contributed by atoms with E-state index >= 15 is 0 Å². The number of nitrogens with zero attached hydrogens (tertiary/aromatic N) is 2. The summed E-state index contributed by atoms with van der Waals surface area (Å²) in [6, 6.07) is 2.17. The molecule has 0 aliphatic carbocycles. The number of hydrogen-bond acceptors (Lipinski definition) is 2. The van der Waals surface area contributed by atoms with E-state index in [0.29, 0.717) is 12.0 Å². The van der Waals surface area contributed by atoms with Crippen LogP contribution < -0.4 is 0 Å². The maximum atomic E-state index is 12.5. The van der Waals surface area contributed by atoms with Gasteiger partial charge in [0.15, 0.2) is 0 Å². The molecular formula is C15H14F6N2O. The molecule has 1 amide bonds. The lowest BCUT2D eigenvalue weighted by Crippen LogP contribution is -2.35. The second-order valence-electron chi connectivity index (χ2n) is 5.36. The summed E-state index contributed by atoms with van der Waals surface area (Å²) in [5.41, 5.74) is 0.230. The highest BCUT2D eigenvalue weighted by molar-refractivity contribution is 5.78. The van der Waals surface area contributed by atoms with Gasteiger partial charge in [-0.1, -0.05) is 12.1 Å². The summed E-state index contributed by atoms with van der Waals surface area (Å²) in [4.78, 5) is 16.4. The van der Waals surface area contributed by atoms with Crippen molar-refractivity contribution in [2.45, 2.75) is 31.6 Å². The molecule has 2 rings (SSSR count). The lowest BCUT2D eigenvalue weighted by atomic mass is 10.0. The average Bonchev–Trinajstić information content (AvgIpc) is 2.51. The Kier molecular flexibility index (Phi) is 5.19. The Morgan fingerprint density at radius 2 is 1.88 bits per heavy atom. The van der Waals surface area contributed by atoms with Gasteiger partial charge in [-0.05, 0) is 23.6 Å². The molecule has 132 valence electrons. The first-order chi connectivity index (χ1) is 11.1. The number of carbonyl (C=O) groups is 1. The highest BCUT2D eigenvalue weighted by Gasteiger charge is 2.32. The molecule has 1 aromatic heterocycles. The maximum Gasteiger partial charge on any atom is 0.433 e. The molecule has 24 heavy (non-hydrogen) atoms. The highest BCUT2D eigenvalue weighted by Crippen LogP contribution is 2.29. The van der Waals surface area contributed by atoms with E-state index in [2.05, 4.69) is 4.98 Å². The third-order valence-corrected chi connectivity index (χ3v) is 3.61. The fourth-order valence-corrected chi connectivity index (χ4v) is 2.32. The van der Waals surface area contributed by atoms with Crippen LogP contribution in [0.5, 0.6) is 0 Å². The van der Waals surface area contributed by atoms with E-state index < -0.39 is 36.8 Å². The van der Waals surface area contributed by atoms with Gasteiger partial charge in [-0.2, -0.15) is 26.3 Å². The number of amides is 1. The van der Waals surface area contributed by atoms with Gasteiger partial charge in [-0.15, -0.1) is 0 Å². The standard InChI is InChI=1S/C15H14F6N2O/c16-14(17,18)6-3-13(24)23-7-4-10(5-8-23)11-1-2-12(22-9-11)15(19,20)21/h1-2,4,9H,3,5-8H2. The van der Waals surface area contributed by atoms with Gasteiger partial charge >= 0.3 is 12.4 Å². The second kappa shape index (κ2) is 6.82. The predicted octanol–water partition coefficient (Wildman–Crippen LogP) is 4.06. The van der Waals surface area contributed by atoms with Crippen molar-refractivity contribution < 1.29 is 31.1 Å². The van der Waals surface area contributed by atoms with Crippen LogP contribution in [-0.4, -0.2) is 35.1 Å². The third-order valence-electron chi connectivity index (χ3n) is 3.61. The SMILES string of the molecule is O=C(CCC(F)(F)F)N1CC=C(c2ccc(C(F)(F)F)nc2)CC1. The first-order valence-corrected chi connectivity index (χ1v) is 7.13. The largest absolute Gasteiger partial charge is 0.433 e. The topological polar surface area (TPSA) is 33.2 Å². The fraction of sp³-hybridized carbons (Fsp3) is 0.467. The molecule has 9 heteroatoms. The van der Waals surface area contributed by atoms with Crippen molar-refractivity contribution in [3.63, 3.8) is 0 Å². The number of pyridine rings is 1. The Morgan fingerprint density at radius 1 is 1.17 bits per heavy atom. The van der Waals surface area contributed by atoms with Crippen molar-refractivity contribution in [3.8, 4) is 0 Å². The lowest BCUT2D eigenvalue weighted by molar-refractivity contribution is -0.148. The molecule has 1 aliphatic rings. The normalized spacial score (nSPS) is 16.1. The molecule has 0 bridgehead atoms.